The Labute approximate surface area is 226 Å². The van der Waals surface area contributed by atoms with Crippen LogP contribution in [0.2, 0.25) is 0 Å². The summed E-state index contributed by atoms with van der Waals surface area (Å²) in [7, 11) is 2.34. The summed E-state index contributed by atoms with van der Waals surface area (Å²) in [4.78, 5) is 27.4. The maximum absolute atomic E-state index is 14.5. The highest BCUT2D eigenvalue weighted by atomic mass is 19.4. The van der Waals surface area contributed by atoms with E-state index in [4.69, 9.17) is 14.2 Å². The Morgan fingerprint density at radius 3 is 2.26 bits per heavy atom. The van der Waals surface area contributed by atoms with Crippen LogP contribution < -0.4 is 4.74 Å². The Hall–Kier alpha value is -3.58. The van der Waals surface area contributed by atoms with Crippen LogP contribution in [0.5, 0.6) is 5.75 Å². The van der Waals surface area contributed by atoms with Crippen LogP contribution in [0, 0.1) is 23.7 Å². The lowest BCUT2D eigenvalue weighted by atomic mass is 9.64. The Bertz CT molecular complexity index is 1200. The minimum Gasteiger partial charge on any atom is -0.496 e. The van der Waals surface area contributed by atoms with E-state index in [1.807, 2.05) is 19.1 Å². The van der Waals surface area contributed by atoms with Gasteiger partial charge in [0.05, 0.1) is 32.1 Å². The first-order chi connectivity index (χ1) is 18.5. The van der Waals surface area contributed by atoms with Crippen LogP contribution in [0.4, 0.5) is 13.2 Å². The quantitative estimate of drug-likeness (QED) is 0.398. The van der Waals surface area contributed by atoms with Crippen molar-refractivity contribution in [2.24, 2.45) is 5.41 Å². The molecule has 7 nitrogen and oxygen atoms in total. The molecule has 2 aromatic carbocycles. The number of methoxy groups -OCH3 is 2. The van der Waals surface area contributed by atoms with E-state index in [0.717, 1.165) is 17.6 Å². The van der Waals surface area contributed by atoms with Gasteiger partial charge in [-0.15, -0.1) is 0 Å². The van der Waals surface area contributed by atoms with Gasteiger partial charge < -0.3 is 19.1 Å². The fraction of sp³-hybridized carbons (Fsp3) is 0.483. The van der Waals surface area contributed by atoms with E-state index in [1.54, 1.807) is 19.1 Å². The first-order valence-corrected chi connectivity index (χ1v) is 12.7. The number of hydrogen-bond acceptors (Lipinski definition) is 6. The first-order valence-electron chi connectivity index (χ1n) is 12.7. The van der Waals surface area contributed by atoms with Crippen molar-refractivity contribution in [1.29, 1.82) is 5.26 Å². The number of carbonyl (C=O) groups excluding carboxylic acids is 2. The van der Waals surface area contributed by atoms with Gasteiger partial charge in [-0.2, -0.15) is 18.4 Å². The second kappa shape index (κ2) is 12.1. The minimum atomic E-state index is -5.04. The van der Waals surface area contributed by atoms with Crippen molar-refractivity contribution >= 4 is 11.9 Å². The van der Waals surface area contributed by atoms with Gasteiger partial charge in [-0.3, -0.25) is 9.59 Å². The zero-order valence-corrected chi connectivity index (χ0v) is 22.5. The lowest BCUT2D eigenvalue weighted by Gasteiger charge is -2.46. The van der Waals surface area contributed by atoms with Gasteiger partial charge in [0.1, 0.15) is 5.75 Å². The first kappa shape index (κ1) is 30.0. The molecular weight excluding hydrogens is 513 g/mol. The van der Waals surface area contributed by atoms with Gasteiger partial charge in [-0.25, -0.2) is 0 Å². The van der Waals surface area contributed by atoms with Crippen molar-refractivity contribution < 1.29 is 37.0 Å². The van der Waals surface area contributed by atoms with Crippen LogP contribution in [-0.2, 0) is 24.7 Å². The molecule has 0 aliphatic carbocycles. The summed E-state index contributed by atoms with van der Waals surface area (Å²) in [5.74, 6) is -2.13. The molecule has 0 N–H and O–H groups in total. The minimum absolute atomic E-state index is 0.0965. The van der Waals surface area contributed by atoms with E-state index >= 15 is 0 Å². The van der Waals surface area contributed by atoms with Crippen molar-refractivity contribution in [3.63, 3.8) is 0 Å². The van der Waals surface area contributed by atoms with Crippen LogP contribution in [-0.4, -0.2) is 56.9 Å². The van der Waals surface area contributed by atoms with Gasteiger partial charge in [0, 0.05) is 36.7 Å². The molecule has 1 unspecified atom stereocenters. The number of nitrogens with zero attached hydrogens (tertiary/aromatic N) is 2. The number of aryl methyl sites for hydroxylation is 1. The summed E-state index contributed by atoms with van der Waals surface area (Å²) < 4.78 is 59.2. The topological polar surface area (TPSA) is 88.9 Å². The number of esters is 1. The molecule has 39 heavy (non-hydrogen) atoms. The maximum atomic E-state index is 14.5. The van der Waals surface area contributed by atoms with Crippen molar-refractivity contribution in [3.8, 4) is 11.8 Å². The van der Waals surface area contributed by atoms with Gasteiger partial charge in [0.25, 0.3) is 11.5 Å². The smallest absolute Gasteiger partial charge is 0.430 e. The van der Waals surface area contributed by atoms with E-state index in [2.05, 4.69) is 6.07 Å². The fourth-order valence-corrected chi connectivity index (χ4v) is 5.46. The zero-order valence-electron chi connectivity index (χ0n) is 22.5. The van der Waals surface area contributed by atoms with Gasteiger partial charge >= 0.3 is 12.1 Å². The molecule has 1 fully saturated rings. The molecule has 1 aliphatic heterocycles. The van der Waals surface area contributed by atoms with Crippen molar-refractivity contribution in [3.05, 3.63) is 65.2 Å². The van der Waals surface area contributed by atoms with Gasteiger partial charge in [0.2, 0.25) is 0 Å². The summed E-state index contributed by atoms with van der Waals surface area (Å²) in [6, 6.07) is 14.5. The Balaban J connectivity index is 2.02. The van der Waals surface area contributed by atoms with Crippen LogP contribution in [0.25, 0.3) is 0 Å². The third-order valence-corrected chi connectivity index (χ3v) is 7.47. The number of hydrogen-bond donors (Lipinski definition) is 0. The maximum Gasteiger partial charge on any atom is 0.430 e. The van der Waals surface area contributed by atoms with Crippen LogP contribution in [0.15, 0.2) is 48.5 Å². The van der Waals surface area contributed by atoms with E-state index in [-0.39, 0.29) is 44.5 Å². The number of piperidine rings is 1. The lowest BCUT2D eigenvalue weighted by molar-refractivity contribution is -0.271. The highest BCUT2D eigenvalue weighted by molar-refractivity contribution is 5.88. The Kier molecular flexibility index (Phi) is 9.28. The molecular formula is C29H33F3N2O5. The zero-order chi connectivity index (χ0) is 28.8. The molecule has 2 aromatic rings. The molecule has 1 amide bonds. The van der Waals surface area contributed by atoms with Crippen molar-refractivity contribution in [2.75, 3.05) is 33.9 Å². The Morgan fingerprint density at radius 1 is 1.10 bits per heavy atom. The molecule has 2 atom stereocenters. The predicted octanol–water partition coefficient (Wildman–Crippen LogP) is 5.28. The molecule has 1 heterocycles. The molecule has 1 saturated heterocycles. The van der Waals surface area contributed by atoms with Crippen molar-refractivity contribution in [2.45, 2.75) is 50.8 Å². The monoisotopic (exact) mass is 546 g/mol. The summed E-state index contributed by atoms with van der Waals surface area (Å²) in [5.41, 5.74) is -3.06. The number of likely N-dealkylation sites (tertiary alicyclic amines) is 1. The highest BCUT2D eigenvalue weighted by Gasteiger charge is 2.64. The third-order valence-electron chi connectivity index (χ3n) is 7.47. The molecule has 0 bridgehead atoms. The molecule has 3 rings (SSSR count). The number of amides is 1. The average molecular weight is 547 g/mol. The van der Waals surface area contributed by atoms with Gasteiger partial charge in [-0.1, -0.05) is 48.0 Å². The van der Waals surface area contributed by atoms with Crippen molar-refractivity contribution in [1.82, 2.24) is 4.90 Å². The Morgan fingerprint density at radius 2 is 1.74 bits per heavy atom. The molecule has 0 aromatic heterocycles. The van der Waals surface area contributed by atoms with Crippen LogP contribution in [0.1, 0.15) is 48.8 Å². The summed E-state index contributed by atoms with van der Waals surface area (Å²) in [5, 5.41) is 10.3. The second-order valence-electron chi connectivity index (χ2n) is 9.69. The number of carbonyl (C=O) groups is 2. The number of benzene rings is 2. The normalized spacial score (nSPS) is 17.4. The number of ether oxygens (including phenoxy) is 3. The molecule has 210 valence electrons. The second-order valence-corrected chi connectivity index (χ2v) is 9.69. The molecule has 1 aliphatic rings. The van der Waals surface area contributed by atoms with E-state index in [9.17, 15) is 28.0 Å². The van der Waals surface area contributed by atoms with E-state index in [1.165, 1.54) is 31.4 Å². The summed E-state index contributed by atoms with van der Waals surface area (Å²) >= 11 is 0. The molecule has 0 radical (unpaired) electrons. The number of halogens is 3. The number of rotatable bonds is 9. The standard InChI is InChI=1S/C29H33F3N2O5/c1-5-39-25(35)18-27(23(19-33)22-17-20(2)11-12-24(22)37-3)13-15-34(16-14-27)26(36)28(38-4,29(30,31)32)21-9-7-6-8-10-21/h6-12,17,23H,5,13-16,18H2,1-4H3/t23?,28-/m1/s1. The SMILES string of the molecule is CCOC(=O)CC1(C(C#N)c2cc(C)ccc2OC)CCN(C(=O)[C@](OC)(c2ccccc2)C(F)(F)F)CC1. The summed E-state index contributed by atoms with van der Waals surface area (Å²) in [6.07, 6.45) is -4.98. The van der Waals surface area contributed by atoms with E-state index < -0.39 is 35.0 Å². The molecule has 10 heteroatoms. The average Bonchev–Trinajstić information content (AvgIpc) is 2.90. The molecule has 0 saturated carbocycles. The van der Waals surface area contributed by atoms with Gasteiger partial charge in [-0.05, 0) is 32.8 Å². The largest absolute Gasteiger partial charge is 0.496 e. The highest BCUT2D eigenvalue weighted by Crippen LogP contribution is 2.51. The molecule has 0 spiro atoms. The fourth-order valence-electron chi connectivity index (χ4n) is 5.46. The predicted molar refractivity (Wildman–Crippen MR) is 137 cm³/mol. The lowest BCUT2D eigenvalue weighted by Crippen LogP contribution is -2.59. The third kappa shape index (κ3) is 5.74. The number of nitriles is 1. The van der Waals surface area contributed by atoms with Crippen LogP contribution >= 0.6 is 0 Å². The van der Waals surface area contributed by atoms with E-state index in [0.29, 0.717) is 11.3 Å². The number of alkyl halides is 3. The van der Waals surface area contributed by atoms with Gasteiger partial charge in [0.15, 0.2) is 0 Å². The summed E-state index contributed by atoms with van der Waals surface area (Å²) in [6.45, 7) is 3.45. The van der Waals surface area contributed by atoms with Crippen LogP contribution in [0.3, 0.4) is 0 Å².